The van der Waals surface area contributed by atoms with E-state index in [-0.39, 0.29) is 24.9 Å². The van der Waals surface area contributed by atoms with Crippen molar-refractivity contribution >= 4 is 29.4 Å². The van der Waals surface area contributed by atoms with Gasteiger partial charge in [-0.3, -0.25) is 5.32 Å². The minimum Gasteiger partial charge on any atom is -0.458 e. The number of thiocarbonyl (C=S) groups is 1. The highest BCUT2D eigenvalue weighted by Gasteiger charge is 2.15. The van der Waals surface area contributed by atoms with Crippen molar-refractivity contribution in [3.8, 4) is 0 Å². The van der Waals surface area contributed by atoms with Crippen LogP contribution in [0.5, 0.6) is 0 Å². The predicted molar refractivity (Wildman–Crippen MR) is 97.0 cm³/mol. The minimum absolute atomic E-state index is 0.124. The molecule has 0 heterocycles. The maximum Gasteiger partial charge on any atom is 0.413 e. The van der Waals surface area contributed by atoms with E-state index in [1.165, 1.54) is 0 Å². The molecule has 0 bridgehead atoms. The Labute approximate surface area is 153 Å². The van der Waals surface area contributed by atoms with Crippen LogP contribution in [0.1, 0.15) is 26.3 Å². The van der Waals surface area contributed by atoms with E-state index in [1.807, 2.05) is 30.3 Å². The third-order valence-corrected chi connectivity index (χ3v) is 2.85. The van der Waals surface area contributed by atoms with E-state index in [0.717, 1.165) is 5.56 Å². The molecular formula is C17H24N2O5S. The molecule has 0 radical (unpaired) electrons. The molecule has 0 unspecified atom stereocenters. The molecule has 2 N–H and O–H groups in total. The van der Waals surface area contributed by atoms with E-state index in [0.29, 0.717) is 6.54 Å². The van der Waals surface area contributed by atoms with Gasteiger partial charge in [0.25, 0.3) is 0 Å². The van der Waals surface area contributed by atoms with Crippen LogP contribution in [0, 0.1) is 0 Å². The van der Waals surface area contributed by atoms with Crippen LogP contribution in [0.15, 0.2) is 30.3 Å². The number of ether oxygens (including phenoxy) is 3. The molecule has 1 aromatic carbocycles. The van der Waals surface area contributed by atoms with Crippen LogP contribution in [0.4, 0.5) is 4.79 Å². The molecule has 7 nitrogen and oxygen atoms in total. The van der Waals surface area contributed by atoms with Crippen molar-refractivity contribution in [3.05, 3.63) is 35.9 Å². The number of alkyl carbamates (subject to hydrolysis) is 1. The molecule has 25 heavy (non-hydrogen) atoms. The van der Waals surface area contributed by atoms with Crippen LogP contribution >= 0.6 is 12.2 Å². The van der Waals surface area contributed by atoms with Gasteiger partial charge in [0, 0.05) is 6.54 Å². The molecule has 0 saturated heterocycles. The van der Waals surface area contributed by atoms with Gasteiger partial charge < -0.3 is 19.5 Å². The van der Waals surface area contributed by atoms with Gasteiger partial charge >= 0.3 is 12.1 Å². The van der Waals surface area contributed by atoms with Crippen molar-refractivity contribution in [2.24, 2.45) is 0 Å². The highest BCUT2D eigenvalue weighted by Crippen LogP contribution is 2.06. The third-order valence-electron chi connectivity index (χ3n) is 2.60. The Morgan fingerprint density at radius 2 is 1.84 bits per heavy atom. The lowest BCUT2D eigenvalue weighted by atomic mass is 10.2. The fourth-order valence-corrected chi connectivity index (χ4v) is 1.84. The zero-order valence-electron chi connectivity index (χ0n) is 14.7. The molecular weight excluding hydrogens is 344 g/mol. The summed E-state index contributed by atoms with van der Waals surface area (Å²) >= 11 is 4.96. The summed E-state index contributed by atoms with van der Waals surface area (Å²) in [5.74, 6) is -0.433. The van der Waals surface area contributed by atoms with E-state index in [4.69, 9.17) is 26.4 Å². The summed E-state index contributed by atoms with van der Waals surface area (Å²) in [6, 6.07) is 9.31. The average Bonchev–Trinajstić information content (AvgIpc) is 2.52. The summed E-state index contributed by atoms with van der Waals surface area (Å²) in [6.45, 7) is 5.95. The third kappa shape index (κ3) is 11.1. The number of rotatable bonds is 7. The van der Waals surface area contributed by atoms with Gasteiger partial charge in [0.05, 0.1) is 6.61 Å². The van der Waals surface area contributed by atoms with E-state index >= 15 is 0 Å². The van der Waals surface area contributed by atoms with Crippen LogP contribution in [-0.4, -0.2) is 42.5 Å². The SMILES string of the molecule is CC(C)(C)OC(=O)COCCNC(=S)NC(=O)OCc1ccccc1. The first-order valence-electron chi connectivity index (χ1n) is 7.81. The second kappa shape index (κ2) is 10.6. The van der Waals surface area contributed by atoms with Crippen molar-refractivity contribution in [1.29, 1.82) is 0 Å². The van der Waals surface area contributed by atoms with Crippen LogP contribution in [-0.2, 0) is 25.6 Å². The normalized spacial score (nSPS) is 10.7. The lowest BCUT2D eigenvalue weighted by Crippen LogP contribution is -2.40. The highest BCUT2D eigenvalue weighted by atomic mass is 32.1. The van der Waals surface area contributed by atoms with E-state index < -0.39 is 17.7 Å². The molecule has 0 saturated carbocycles. The van der Waals surface area contributed by atoms with Crippen molar-refractivity contribution < 1.29 is 23.8 Å². The fourth-order valence-electron chi connectivity index (χ4n) is 1.66. The summed E-state index contributed by atoms with van der Waals surface area (Å²) in [7, 11) is 0. The molecule has 8 heteroatoms. The van der Waals surface area contributed by atoms with Crippen molar-refractivity contribution in [3.63, 3.8) is 0 Å². The number of carbonyl (C=O) groups is 2. The second-order valence-electron chi connectivity index (χ2n) is 6.08. The van der Waals surface area contributed by atoms with Gasteiger partial charge in [-0.15, -0.1) is 0 Å². The molecule has 1 amide bonds. The Kier molecular flexibility index (Phi) is 8.87. The Morgan fingerprint density at radius 3 is 2.48 bits per heavy atom. The summed E-state index contributed by atoms with van der Waals surface area (Å²) in [4.78, 5) is 23.0. The molecule has 0 aliphatic rings. The van der Waals surface area contributed by atoms with Gasteiger partial charge in [-0.05, 0) is 38.6 Å². The van der Waals surface area contributed by atoms with Gasteiger partial charge in [0.15, 0.2) is 5.11 Å². The lowest BCUT2D eigenvalue weighted by Gasteiger charge is -2.19. The monoisotopic (exact) mass is 368 g/mol. The van der Waals surface area contributed by atoms with Crippen LogP contribution in [0.3, 0.4) is 0 Å². The molecule has 0 aliphatic carbocycles. The maximum atomic E-state index is 11.6. The second-order valence-corrected chi connectivity index (χ2v) is 6.49. The number of esters is 1. The predicted octanol–water partition coefficient (Wildman–Crippen LogP) is 2.15. The maximum absolute atomic E-state index is 11.6. The summed E-state index contributed by atoms with van der Waals surface area (Å²) < 4.78 is 15.3. The Bertz CT molecular complexity index is 572. The number of hydrogen-bond acceptors (Lipinski definition) is 6. The fraction of sp³-hybridized carbons (Fsp3) is 0.471. The van der Waals surface area contributed by atoms with Gasteiger partial charge in [0.1, 0.15) is 18.8 Å². The molecule has 0 atom stereocenters. The molecule has 0 aliphatic heterocycles. The molecule has 1 aromatic rings. The number of nitrogens with one attached hydrogen (secondary N) is 2. The largest absolute Gasteiger partial charge is 0.458 e. The summed E-state index contributed by atoms with van der Waals surface area (Å²) in [6.07, 6.45) is -0.643. The molecule has 1 rings (SSSR count). The summed E-state index contributed by atoms with van der Waals surface area (Å²) in [5.41, 5.74) is 0.344. The van der Waals surface area contributed by atoms with E-state index in [1.54, 1.807) is 20.8 Å². The van der Waals surface area contributed by atoms with E-state index in [9.17, 15) is 9.59 Å². The number of amides is 1. The summed E-state index contributed by atoms with van der Waals surface area (Å²) in [5, 5.41) is 5.29. The van der Waals surface area contributed by atoms with Gasteiger partial charge in [0.2, 0.25) is 0 Å². The number of benzene rings is 1. The number of carbonyl (C=O) groups excluding carboxylic acids is 2. The van der Waals surface area contributed by atoms with Crippen molar-refractivity contribution in [2.75, 3.05) is 19.8 Å². The zero-order chi connectivity index (χ0) is 18.7. The molecule has 0 spiro atoms. The Morgan fingerprint density at radius 1 is 1.16 bits per heavy atom. The highest BCUT2D eigenvalue weighted by molar-refractivity contribution is 7.80. The average molecular weight is 368 g/mol. The van der Waals surface area contributed by atoms with Gasteiger partial charge in [-0.2, -0.15) is 0 Å². The van der Waals surface area contributed by atoms with Gasteiger partial charge in [-0.1, -0.05) is 30.3 Å². The standard InChI is InChI=1S/C17H24N2O5S/c1-17(2,3)24-14(20)12-22-10-9-18-15(25)19-16(21)23-11-13-7-5-4-6-8-13/h4-8H,9-12H2,1-3H3,(H2,18,19,21,25). The van der Waals surface area contributed by atoms with Gasteiger partial charge in [-0.25, -0.2) is 9.59 Å². The van der Waals surface area contributed by atoms with Crippen molar-refractivity contribution in [1.82, 2.24) is 10.6 Å². The lowest BCUT2D eigenvalue weighted by molar-refractivity contribution is -0.160. The van der Waals surface area contributed by atoms with Crippen molar-refractivity contribution in [2.45, 2.75) is 33.0 Å². The zero-order valence-corrected chi connectivity index (χ0v) is 15.5. The topological polar surface area (TPSA) is 85.9 Å². The molecule has 138 valence electrons. The Hall–Kier alpha value is -2.19. The quantitative estimate of drug-likeness (QED) is 0.433. The molecule has 0 aromatic heterocycles. The Balaban J connectivity index is 2.08. The molecule has 0 fully saturated rings. The first-order chi connectivity index (χ1) is 11.8. The first-order valence-corrected chi connectivity index (χ1v) is 8.22. The smallest absolute Gasteiger partial charge is 0.413 e. The van der Waals surface area contributed by atoms with Crippen LogP contribution in [0.25, 0.3) is 0 Å². The minimum atomic E-state index is -0.643. The first kappa shape index (κ1) is 20.9. The van der Waals surface area contributed by atoms with Crippen LogP contribution in [0.2, 0.25) is 0 Å². The van der Waals surface area contributed by atoms with Crippen LogP contribution < -0.4 is 10.6 Å². The number of hydrogen-bond donors (Lipinski definition) is 2. The van der Waals surface area contributed by atoms with E-state index in [2.05, 4.69) is 10.6 Å².